The highest BCUT2D eigenvalue weighted by molar-refractivity contribution is 5.69. The van der Waals surface area contributed by atoms with Crippen molar-refractivity contribution in [2.75, 3.05) is 36.0 Å². The Morgan fingerprint density at radius 3 is 1.66 bits per heavy atom. The van der Waals surface area contributed by atoms with Gasteiger partial charge in [-0.2, -0.15) is 4.57 Å². The van der Waals surface area contributed by atoms with Crippen molar-refractivity contribution in [3.8, 4) is 0 Å². The summed E-state index contributed by atoms with van der Waals surface area (Å²) in [7, 11) is 0. The van der Waals surface area contributed by atoms with E-state index in [1.54, 1.807) is 0 Å². The molecule has 32 heavy (non-hydrogen) atoms. The van der Waals surface area contributed by atoms with Gasteiger partial charge < -0.3 is 9.80 Å². The summed E-state index contributed by atoms with van der Waals surface area (Å²) in [6.45, 7) is 4.75. The van der Waals surface area contributed by atoms with E-state index in [0.29, 0.717) is 0 Å². The number of rotatable bonds is 6. The highest BCUT2D eigenvalue weighted by atomic mass is 15.1. The lowest BCUT2D eigenvalue weighted by atomic mass is 10.1. The highest BCUT2D eigenvalue weighted by Crippen LogP contribution is 2.22. The van der Waals surface area contributed by atoms with Gasteiger partial charge in [-0.25, -0.2) is 0 Å². The quantitative estimate of drug-likeness (QED) is 0.453. The minimum absolute atomic E-state index is 1.15. The lowest BCUT2D eigenvalue weighted by Gasteiger charge is -2.17. The lowest BCUT2D eigenvalue weighted by Crippen LogP contribution is -2.28. The van der Waals surface area contributed by atoms with E-state index < -0.39 is 0 Å². The minimum Gasteiger partial charge on any atom is -0.372 e. The number of benzene rings is 2. The summed E-state index contributed by atoms with van der Waals surface area (Å²) in [4.78, 5) is 4.95. The maximum Gasteiger partial charge on any atom is 0.210 e. The van der Waals surface area contributed by atoms with Gasteiger partial charge in [-0.1, -0.05) is 24.3 Å². The van der Waals surface area contributed by atoms with Crippen molar-refractivity contribution in [3.63, 3.8) is 0 Å². The number of hydrogen-bond donors (Lipinski definition) is 0. The second kappa shape index (κ2) is 9.86. The van der Waals surface area contributed by atoms with E-state index in [9.17, 15) is 0 Å². The van der Waals surface area contributed by atoms with Crippen molar-refractivity contribution in [1.82, 2.24) is 0 Å². The third kappa shape index (κ3) is 4.94. The molecule has 162 valence electrons. The van der Waals surface area contributed by atoms with E-state index in [-0.39, 0.29) is 0 Å². The zero-order chi connectivity index (χ0) is 21.6. The molecule has 0 bridgehead atoms. The molecular formula is C29H32N3+. The van der Waals surface area contributed by atoms with Crippen molar-refractivity contribution >= 4 is 35.8 Å². The third-order valence-electron chi connectivity index (χ3n) is 6.53. The van der Waals surface area contributed by atoms with Crippen LogP contribution in [0.1, 0.15) is 42.5 Å². The van der Waals surface area contributed by atoms with Gasteiger partial charge in [-0.3, -0.25) is 0 Å². The van der Waals surface area contributed by atoms with Gasteiger partial charge in [-0.05, 0) is 73.2 Å². The van der Waals surface area contributed by atoms with Gasteiger partial charge in [0.2, 0.25) is 5.69 Å². The molecule has 0 unspecified atom stereocenters. The Kier molecular flexibility index (Phi) is 6.34. The van der Waals surface area contributed by atoms with Crippen LogP contribution < -0.4 is 14.4 Å². The van der Waals surface area contributed by atoms with E-state index >= 15 is 0 Å². The molecule has 2 saturated heterocycles. The molecule has 0 atom stereocenters. The maximum atomic E-state index is 2.47. The molecule has 1 aromatic heterocycles. The van der Waals surface area contributed by atoms with E-state index in [0.717, 1.165) is 5.69 Å². The molecule has 3 heteroatoms. The number of aromatic nitrogens is 1. The van der Waals surface area contributed by atoms with Crippen LogP contribution in [0.4, 0.5) is 11.4 Å². The number of hydrogen-bond acceptors (Lipinski definition) is 2. The van der Waals surface area contributed by atoms with Gasteiger partial charge in [0.1, 0.15) is 0 Å². The molecule has 3 heterocycles. The number of anilines is 2. The minimum atomic E-state index is 1.15. The van der Waals surface area contributed by atoms with Gasteiger partial charge in [0.05, 0.1) is 0 Å². The normalized spacial score (nSPS) is 16.6. The third-order valence-corrected chi connectivity index (χ3v) is 6.53. The molecule has 5 rings (SSSR count). The van der Waals surface area contributed by atoms with Gasteiger partial charge in [0.25, 0.3) is 0 Å². The van der Waals surface area contributed by atoms with Gasteiger partial charge in [0.15, 0.2) is 12.4 Å². The van der Waals surface area contributed by atoms with Gasteiger partial charge in [-0.15, -0.1) is 0 Å². The number of pyridine rings is 1. The molecule has 3 aromatic rings. The molecule has 3 nitrogen and oxygen atoms in total. The van der Waals surface area contributed by atoms with Crippen LogP contribution in [0.25, 0.3) is 24.4 Å². The van der Waals surface area contributed by atoms with E-state index in [1.165, 1.54) is 74.4 Å². The van der Waals surface area contributed by atoms with E-state index in [2.05, 4.69) is 112 Å². The summed E-state index contributed by atoms with van der Waals surface area (Å²) < 4.78 is 2.17. The monoisotopic (exact) mass is 422 g/mol. The molecule has 2 aromatic carbocycles. The highest BCUT2D eigenvalue weighted by Gasteiger charge is 2.12. The Morgan fingerprint density at radius 2 is 1.09 bits per heavy atom. The van der Waals surface area contributed by atoms with Crippen LogP contribution in [0.2, 0.25) is 0 Å². The largest absolute Gasteiger partial charge is 0.372 e. The van der Waals surface area contributed by atoms with Crippen LogP contribution in [-0.2, 0) is 0 Å². The first-order chi connectivity index (χ1) is 15.8. The molecule has 0 spiro atoms. The van der Waals surface area contributed by atoms with Crippen LogP contribution in [0.3, 0.4) is 0 Å². The zero-order valence-electron chi connectivity index (χ0n) is 18.7. The second-order valence-corrected chi connectivity index (χ2v) is 8.75. The van der Waals surface area contributed by atoms with Crippen LogP contribution in [-0.4, -0.2) is 26.2 Å². The summed E-state index contributed by atoms with van der Waals surface area (Å²) in [5, 5.41) is 0. The van der Waals surface area contributed by atoms with Gasteiger partial charge >= 0.3 is 0 Å². The van der Waals surface area contributed by atoms with Crippen molar-refractivity contribution in [3.05, 3.63) is 89.7 Å². The Hall–Kier alpha value is -3.33. The second-order valence-electron chi connectivity index (χ2n) is 8.75. The Balaban J connectivity index is 1.27. The fraction of sp³-hybridized carbons (Fsp3) is 0.276. The molecule has 2 fully saturated rings. The standard InChI is InChI=1S/C29H32N3/c1-2-19-32(24-18-26-11-16-29(17-12-26)31-22-5-6-23-31)27(7-1)13-8-25-9-14-28(15-10-25)30-20-3-4-21-30/h1-2,7-19,24H,3-6,20-23H2/q+1. The van der Waals surface area contributed by atoms with Crippen molar-refractivity contribution in [2.45, 2.75) is 25.7 Å². The molecule has 2 aliphatic rings. The van der Waals surface area contributed by atoms with Crippen molar-refractivity contribution < 1.29 is 4.57 Å². The predicted octanol–water partition coefficient (Wildman–Crippen LogP) is 5.97. The SMILES string of the molecule is C(=Cc1cccc[n+]1C=Cc1ccc(N2CCCC2)cc1)c1ccc(N2CCCC2)cc1. The van der Waals surface area contributed by atoms with Crippen LogP contribution in [0, 0.1) is 0 Å². The van der Waals surface area contributed by atoms with Gasteiger partial charge in [0, 0.05) is 61.8 Å². The van der Waals surface area contributed by atoms with Crippen molar-refractivity contribution in [2.24, 2.45) is 0 Å². The molecule has 0 radical (unpaired) electrons. The Labute approximate surface area is 191 Å². The van der Waals surface area contributed by atoms with Crippen LogP contribution in [0.5, 0.6) is 0 Å². The van der Waals surface area contributed by atoms with E-state index in [1.807, 2.05) is 0 Å². The summed E-state index contributed by atoms with van der Waals surface area (Å²) in [5.41, 5.74) is 6.28. The fourth-order valence-corrected chi connectivity index (χ4v) is 4.64. The summed E-state index contributed by atoms with van der Waals surface area (Å²) in [5.74, 6) is 0. The summed E-state index contributed by atoms with van der Waals surface area (Å²) in [6.07, 6.45) is 16.0. The first-order valence-corrected chi connectivity index (χ1v) is 11.9. The van der Waals surface area contributed by atoms with Crippen LogP contribution >= 0.6 is 0 Å². The summed E-state index contributed by atoms with van der Waals surface area (Å²) >= 11 is 0. The number of nitrogens with zero attached hydrogens (tertiary/aromatic N) is 3. The Morgan fingerprint density at radius 1 is 0.562 bits per heavy atom. The maximum absolute atomic E-state index is 2.47. The molecule has 0 N–H and O–H groups in total. The molecule has 2 aliphatic heterocycles. The average Bonchev–Trinajstić information content (AvgIpc) is 3.58. The topological polar surface area (TPSA) is 10.4 Å². The van der Waals surface area contributed by atoms with Crippen LogP contribution in [0.15, 0.2) is 72.9 Å². The molecule has 0 aliphatic carbocycles. The fourth-order valence-electron chi connectivity index (χ4n) is 4.64. The van der Waals surface area contributed by atoms with E-state index in [4.69, 9.17) is 0 Å². The zero-order valence-corrected chi connectivity index (χ0v) is 18.7. The molecular weight excluding hydrogens is 390 g/mol. The predicted molar refractivity (Wildman–Crippen MR) is 137 cm³/mol. The van der Waals surface area contributed by atoms with Crippen molar-refractivity contribution in [1.29, 1.82) is 0 Å². The Bertz CT molecular complexity index is 980. The lowest BCUT2D eigenvalue weighted by molar-refractivity contribution is -0.569. The molecule has 0 amide bonds. The molecule has 0 saturated carbocycles. The average molecular weight is 423 g/mol. The smallest absolute Gasteiger partial charge is 0.210 e. The first-order valence-electron chi connectivity index (χ1n) is 11.9. The first kappa shape index (κ1) is 20.6. The summed E-state index contributed by atoms with van der Waals surface area (Å²) in [6, 6.07) is 24.1.